The second-order valence-electron chi connectivity index (χ2n) is 4.07. The minimum absolute atomic E-state index is 0.0316. The van der Waals surface area contributed by atoms with Gasteiger partial charge < -0.3 is 5.73 Å². The number of anilines is 1. The van der Waals surface area contributed by atoms with Crippen molar-refractivity contribution in [3.8, 4) is 17.3 Å². The molecule has 8 heteroatoms. The molecule has 100 valence electrons. The fraction of sp³-hybridized carbons (Fsp3) is 0.0833. The minimum atomic E-state index is -0.330. The van der Waals surface area contributed by atoms with E-state index in [9.17, 15) is 4.39 Å². The SMILES string of the molecule is Cc1c(F)cccc1-c1nc(N)nc(-n2cncn2)n1. The number of halogens is 1. The van der Waals surface area contributed by atoms with E-state index in [4.69, 9.17) is 5.73 Å². The van der Waals surface area contributed by atoms with Gasteiger partial charge in [0.25, 0.3) is 5.95 Å². The van der Waals surface area contributed by atoms with Crippen molar-refractivity contribution in [1.29, 1.82) is 0 Å². The first-order valence-corrected chi connectivity index (χ1v) is 5.77. The summed E-state index contributed by atoms with van der Waals surface area (Å²) in [6.07, 6.45) is 2.80. The van der Waals surface area contributed by atoms with Gasteiger partial charge in [-0.2, -0.15) is 24.7 Å². The van der Waals surface area contributed by atoms with E-state index in [2.05, 4.69) is 25.0 Å². The minimum Gasteiger partial charge on any atom is -0.368 e. The molecule has 0 radical (unpaired) electrons. The third-order valence-corrected chi connectivity index (χ3v) is 2.77. The first kappa shape index (κ1) is 12.2. The van der Waals surface area contributed by atoms with Crippen molar-refractivity contribution in [3.05, 3.63) is 42.2 Å². The monoisotopic (exact) mass is 271 g/mol. The van der Waals surface area contributed by atoms with Gasteiger partial charge >= 0.3 is 0 Å². The van der Waals surface area contributed by atoms with Crippen LogP contribution in [0.4, 0.5) is 10.3 Å². The van der Waals surface area contributed by atoms with Gasteiger partial charge in [0, 0.05) is 5.56 Å². The van der Waals surface area contributed by atoms with E-state index in [-0.39, 0.29) is 17.7 Å². The second-order valence-corrected chi connectivity index (χ2v) is 4.07. The van der Waals surface area contributed by atoms with Gasteiger partial charge in [0.1, 0.15) is 18.5 Å². The number of aromatic nitrogens is 6. The fourth-order valence-electron chi connectivity index (χ4n) is 1.76. The number of nitrogens with zero attached hydrogens (tertiary/aromatic N) is 6. The van der Waals surface area contributed by atoms with Gasteiger partial charge in [0.05, 0.1) is 0 Å². The van der Waals surface area contributed by atoms with Crippen molar-refractivity contribution < 1.29 is 4.39 Å². The molecule has 0 saturated carbocycles. The number of hydrogen-bond acceptors (Lipinski definition) is 6. The molecule has 20 heavy (non-hydrogen) atoms. The molecule has 0 atom stereocenters. The largest absolute Gasteiger partial charge is 0.368 e. The molecule has 3 aromatic rings. The maximum absolute atomic E-state index is 13.6. The normalized spacial score (nSPS) is 10.7. The molecule has 1 aromatic carbocycles. The smallest absolute Gasteiger partial charge is 0.257 e. The molecule has 7 nitrogen and oxygen atoms in total. The van der Waals surface area contributed by atoms with Crippen LogP contribution < -0.4 is 5.73 Å². The Morgan fingerprint density at radius 3 is 2.80 bits per heavy atom. The van der Waals surface area contributed by atoms with Crippen LogP contribution in [0.25, 0.3) is 17.3 Å². The summed E-state index contributed by atoms with van der Waals surface area (Å²) in [6, 6.07) is 4.69. The molecule has 0 aliphatic carbocycles. The van der Waals surface area contributed by atoms with E-state index in [1.165, 1.54) is 23.4 Å². The zero-order chi connectivity index (χ0) is 14.1. The highest BCUT2D eigenvalue weighted by atomic mass is 19.1. The van der Waals surface area contributed by atoms with E-state index in [0.29, 0.717) is 17.0 Å². The first-order chi connectivity index (χ1) is 9.65. The van der Waals surface area contributed by atoms with Crippen LogP contribution in [0, 0.1) is 12.7 Å². The quantitative estimate of drug-likeness (QED) is 0.751. The van der Waals surface area contributed by atoms with Crippen molar-refractivity contribution >= 4 is 5.95 Å². The Morgan fingerprint density at radius 2 is 2.05 bits per heavy atom. The average Bonchev–Trinajstić information content (AvgIpc) is 2.95. The maximum atomic E-state index is 13.6. The summed E-state index contributed by atoms with van der Waals surface area (Å²) in [5, 5.41) is 3.93. The van der Waals surface area contributed by atoms with E-state index in [1.54, 1.807) is 19.1 Å². The van der Waals surface area contributed by atoms with Gasteiger partial charge in [0.2, 0.25) is 5.95 Å². The predicted molar refractivity (Wildman–Crippen MR) is 69.3 cm³/mol. The van der Waals surface area contributed by atoms with Crippen LogP contribution >= 0.6 is 0 Å². The molecule has 0 fully saturated rings. The molecule has 0 saturated heterocycles. The Kier molecular flexibility index (Phi) is 2.82. The Labute approximate surface area is 113 Å². The fourth-order valence-corrected chi connectivity index (χ4v) is 1.76. The van der Waals surface area contributed by atoms with E-state index < -0.39 is 0 Å². The predicted octanol–water partition coefficient (Wildman–Crippen LogP) is 1.15. The maximum Gasteiger partial charge on any atom is 0.257 e. The molecule has 0 aliphatic heterocycles. The van der Waals surface area contributed by atoms with Crippen LogP contribution in [-0.4, -0.2) is 29.7 Å². The number of nitrogens with two attached hydrogens (primary N) is 1. The Balaban J connectivity index is 2.17. The van der Waals surface area contributed by atoms with Crippen molar-refractivity contribution in [2.24, 2.45) is 0 Å². The zero-order valence-electron chi connectivity index (χ0n) is 10.5. The van der Waals surface area contributed by atoms with Crippen molar-refractivity contribution in [3.63, 3.8) is 0 Å². The summed E-state index contributed by atoms with van der Waals surface area (Å²) in [5.74, 6) is 0.224. The van der Waals surface area contributed by atoms with Gasteiger partial charge in [-0.1, -0.05) is 12.1 Å². The molecule has 0 aliphatic rings. The molecule has 3 rings (SSSR count). The highest BCUT2D eigenvalue weighted by Gasteiger charge is 2.12. The lowest BCUT2D eigenvalue weighted by Crippen LogP contribution is -2.08. The molecule has 2 N–H and O–H groups in total. The first-order valence-electron chi connectivity index (χ1n) is 5.77. The van der Waals surface area contributed by atoms with Crippen LogP contribution in [0.3, 0.4) is 0 Å². The molecule has 0 amide bonds. The van der Waals surface area contributed by atoms with Gasteiger partial charge in [-0.3, -0.25) is 0 Å². The van der Waals surface area contributed by atoms with E-state index in [1.807, 2.05) is 0 Å². The summed E-state index contributed by atoms with van der Waals surface area (Å²) in [7, 11) is 0. The molecular weight excluding hydrogens is 261 g/mol. The highest BCUT2D eigenvalue weighted by Crippen LogP contribution is 2.22. The highest BCUT2D eigenvalue weighted by molar-refractivity contribution is 5.61. The lowest BCUT2D eigenvalue weighted by molar-refractivity contribution is 0.619. The average molecular weight is 271 g/mol. The summed E-state index contributed by atoms with van der Waals surface area (Å²) in [4.78, 5) is 16.1. The van der Waals surface area contributed by atoms with Gasteiger partial charge in [-0.15, -0.1) is 0 Å². The van der Waals surface area contributed by atoms with Crippen LogP contribution in [0.15, 0.2) is 30.9 Å². The molecule has 2 heterocycles. The third-order valence-electron chi connectivity index (χ3n) is 2.77. The van der Waals surface area contributed by atoms with Gasteiger partial charge in [-0.25, -0.2) is 9.37 Å². The zero-order valence-corrected chi connectivity index (χ0v) is 10.5. The van der Waals surface area contributed by atoms with Gasteiger partial charge in [-0.05, 0) is 18.6 Å². The standard InChI is InChI=1S/C12H10FN7/c1-7-8(3-2-4-9(7)13)10-17-11(14)19-12(18-10)20-6-15-5-16-20/h2-6H,1H3,(H2,14,17,18,19). The van der Waals surface area contributed by atoms with Crippen molar-refractivity contribution in [2.75, 3.05) is 5.73 Å². The Bertz CT molecular complexity index is 755. The molecular formula is C12H10FN7. The molecule has 0 spiro atoms. The summed E-state index contributed by atoms with van der Waals surface area (Å²) < 4.78 is 15.0. The van der Waals surface area contributed by atoms with Crippen molar-refractivity contribution in [1.82, 2.24) is 29.7 Å². The van der Waals surface area contributed by atoms with E-state index in [0.717, 1.165) is 0 Å². The number of benzene rings is 1. The lowest BCUT2D eigenvalue weighted by atomic mass is 10.1. The molecule has 0 bridgehead atoms. The van der Waals surface area contributed by atoms with Crippen LogP contribution in [0.2, 0.25) is 0 Å². The Morgan fingerprint density at radius 1 is 1.20 bits per heavy atom. The number of rotatable bonds is 2. The summed E-state index contributed by atoms with van der Waals surface area (Å²) >= 11 is 0. The Hall–Kier alpha value is -2.90. The van der Waals surface area contributed by atoms with Crippen LogP contribution in [-0.2, 0) is 0 Å². The topological polar surface area (TPSA) is 95.4 Å². The molecule has 2 aromatic heterocycles. The molecule has 0 unspecified atom stereocenters. The third kappa shape index (κ3) is 2.07. The van der Waals surface area contributed by atoms with E-state index >= 15 is 0 Å². The van der Waals surface area contributed by atoms with Crippen LogP contribution in [0.1, 0.15) is 5.56 Å². The lowest BCUT2D eigenvalue weighted by Gasteiger charge is -2.07. The van der Waals surface area contributed by atoms with Gasteiger partial charge in [0.15, 0.2) is 5.82 Å². The second kappa shape index (κ2) is 4.65. The summed E-state index contributed by atoms with van der Waals surface area (Å²) in [6.45, 7) is 1.65. The number of hydrogen-bond donors (Lipinski definition) is 1. The number of nitrogen functional groups attached to an aromatic ring is 1. The van der Waals surface area contributed by atoms with Crippen LogP contribution in [0.5, 0.6) is 0 Å². The summed E-state index contributed by atoms with van der Waals surface area (Å²) in [5.41, 5.74) is 6.68. The van der Waals surface area contributed by atoms with Crippen molar-refractivity contribution in [2.45, 2.75) is 6.92 Å².